The number of amides is 1. The summed E-state index contributed by atoms with van der Waals surface area (Å²) in [6.07, 6.45) is 1.12. The van der Waals surface area contributed by atoms with Crippen molar-refractivity contribution in [3.05, 3.63) is 59.5 Å². The molecule has 2 heterocycles. The number of carbonyl (C=O) groups is 1. The van der Waals surface area contributed by atoms with Crippen molar-refractivity contribution in [2.24, 2.45) is 5.16 Å². The van der Waals surface area contributed by atoms with Gasteiger partial charge in [0.2, 0.25) is 5.60 Å². The van der Waals surface area contributed by atoms with Crippen LogP contribution in [0.3, 0.4) is 0 Å². The quantitative estimate of drug-likeness (QED) is 0.923. The number of oxime groups is 1. The van der Waals surface area contributed by atoms with Crippen LogP contribution in [0.5, 0.6) is 0 Å². The summed E-state index contributed by atoms with van der Waals surface area (Å²) in [5.74, 6) is 1.58. The Bertz CT molecular complexity index is 721. The highest BCUT2D eigenvalue weighted by atomic mass is 16.7. The van der Waals surface area contributed by atoms with Crippen molar-refractivity contribution in [2.75, 3.05) is 6.54 Å². The van der Waals surface area contributed by atoms with Gasteiger partial charge in [0.05, 0.1) is 5.71 Å². The van der Waals surface area contributed by atoms with Gasteiger partial charge in [-0.05, 0) is 31.5 Å². The second kappa shape index (κ2) is 6.28. The summed E-state index contributed by atoms with van der Waals surface area (Å²) >= 11 is 0. The van der Waals surface area contributed by atoms with E-state index in [0.29, 0.717) is 19.4 Å². The standard InChI is InChI=1S/C18H20N2O3/c1-13-8-9-15(22-13)10-11-19-17(21)18(2)12-16(20-23-18)14-6-4-3-5-7-14/h3-9H,10-12H2,1-2H3,(H,19,21)/t18-/m1/s1. The summed E-state index contributed by atoms with van der Waals surface area (Å²) < 4.78 is 5.49. The van der Waals surface area contributed by atoms with Gasteiger partial charge in [0.15, 0.2) is 0 Å². The number of aryl methyl sites for hydroxylation is 1. The predicted molar refractivity (Wildman–Crippen MR) is 87.2 cm³/mol. The molecule has 1 atom stereocenters. The van der Waals surface area contributed by atoms with Crippen LogP contribution in [0, 0.1) is 6.92 Å². The number of hydrogen-bond acceptors (Lipinski definition) is 4. The third kappa shape index (κ3) is 3.44. The maximum absolute atomic E-state index is 12.4. The van der Waals surface area contributed by atoms with E-state index in [2.05, 4.69) is 10.5 Å². The van der Waals surface area contributed by atoms with Gasteiger partial charge in [-0.3, -0.25) is 4.79 Å². The lowest BCUT2D eigenvalue weighted by Gasteiger charge is -2.20. The van der Waals surface area contributed by atoms with Gasteiger partial charge < -0.3 is 14.6 Å². The van der Waals surface area contributed by atoms with Gasteiger partial charge in [-0.25, -0.2) is 0 Å². The van der Waals surface area contributed by atoms with Crippen molar-refractivity contribution < 1.29 is 14.0 Å². The van der Waals surface area contributed by atoms with Crippen LogP contribution < -0.4 is 5.32 Å². The highest BCUT2D eigenvalue weighted by Crippen LogP contribution is 2.26. The Hall–Kier alpha value is -2.56. The molecule has 0 unspecified atom stereocenters. The number of carbonyl (C=O) groups excluding carboxylic acids is 1. The minimum Gasteiger partial charge on any atom is -0.466 e. The maximum Gasteiger partial charge on any atom is 0.267 e. The molecule has 2 aromatic rings. The molecular formula is C18H20N2O3. The normalized spacial score (nSPS) is 20.0. The molecule has 0 fully saturated rings. The van der Waals surface area contributed by atoms with Gasteiger partial charge in [0.25, 0.3) is 5.91 Å². The molecule has 1 aliphatic rings. The lowest BCUT2D eigenvalue weighted by atomic mass is 9.95. The molecule has 1 N–H and O–H groups in total. The van der Waals surface area contributed by atoms with E-state index in [0.717, 1.165) is 22.8 Å². The van der Waals surface area contributed by atoms with Gasteiger partial charge in [-0.1, -0.05) is 35.5 Å². The first kappa shape index (κ1) is 15.3. The Morgan fingerprint density at radius 1 is 1.26 bits per heavy atom. The fourth-order valence-corrected chi connectivity index (χ4v) is 2.55. The van der Waals surface area contributed by atoms with Crippen molar-refractivity contribution >= 4 is 11.6 Å². The fraction of sp³-hybridized carbons (Fsp3) is 0.333. The molecular weight excluding hydrogens is 292 g/mol. The molecule has 0 saturated carbocycles. The molecule has 1 amide bonds. The first-order chi connectivity index (χ1) is 11.1. The number of rotatable bonds is 5. The topological polar surface area (TPSA) is 63.8 Å². The Morgan fingerprint density at radius 3 is 2.74 bits per heavy atom. The molecule has 0 aliphatic carbocycles. The molecule has 0 radical (unpaired) electrons. The van der Waals surface area contributed by atoms with E-state index in [4.69, 9.17) is 9.25 Å². The lowest BCUT2D eigenvalue weighted by Crippen LogP contribution is -2.45. The first-order valence-electron chi connectivity index (χ1n) is 7.71. The van der Waals surface area contributed by atoms with Gasteiger partial charge in [0, 0.05) is 19.4 Å². The molecule has 23 heavy (non-hydrogen) atoms. The van der Waals surface area contributed by atoms with Crippen LogP contribution in [0.25, 0.3) is 0 Å². The van der Waals surface area contributed by atoms with Crippen LogP contribution in [0.1, 0.15) is 30.4 Å². The minimum atomic E-state index is -0.954. The molecule has 120 valence electrons. The van der Waals surface area contributed by atoms with Crippen molar-refractivity contribution in [3.8, 4) is 0 Å². The summed E-state index contributed by atoms with van der Waals surface area (Å²) in [7, 11) is 0. The Balaban J connectivity index is 1.54. The van der Waals surface area contributed by atoms with E-state index >= 15 is 0 Å². The lowest BCUT2D eigenvalue weighted by molar-refractivity contribution is -0.141. The van der Waals surface area contributed by atoms with Crippen molar-refractivity contribution in [3.63, 3.8) is 0 Å². The highest BCUT2D eigenvalue weighted by molar-refractivity contribution is 6.05. The van der Waals surface area contributed by atoms with E-state index < -0.39 is 5.60 Å². The van der Waals surface area contributed by atoms with E-state index in [1.54, 1.807) is 6.92 Å². The monoisotopic (exact) mass is 312 g/mol. The molecule has 3 rings (SSSR count). The average molecular weight is 312 g/mol. The smallest absolute Gasteiger partial charge is 0.267 e. The zero-order valence-electron chi connectivity index (χ0n) is 13.3. The van der Waals surface area contributed by atoms with Crippen LogP contribution >= 0.6 is 0 Å². The Labute approximate surface area is 135 Å². The molecule has 0 spiro atoms. The van der Waals surface area contributed by atoms with E-state index in [9.17, 15) is 4.79 Å². The van der Waals surface area contributed by atoms with Gasteiger partial charge in [-0.2, -0.15) is 0 Å². The van der Waals surface area contributed by atoms with Crippen LogP contribution in [0.2, 0.25) is 0 Å². The second-order valence-corrected chi connectivity index (χ2v) is 5.92. The number of nitrogens with one attached hydrogen (secondary N) is 1. The molecule has 1 aromatic carbocycles. The molecule has 0 saturated heterocycles. The van der Waals surface area contributed by atoms with Crippen molar-refractivity contribution in [1.29, 1.82) is 0 Å². The third-order valence-corrected chi connectivity index (χ3v) is 3.90. The largest absolute Gasteiger partial charge is 0.466 e. The van der Waals surface area contributed by atoms with Gasteiger partial charge in [0.1, 0.15) is 11.5 Å². The number of benzene rings is 1. The average Bonchev–Trinajstić information content (AvgIpc) is 3.15. The summed E-state index contributed by atoms with van der Waals surface area (Å²) in [6.45, 7) is 4.17. The Kier molecular flexibility index (Phi) is 4.19. The first-order valence-corrected chi connectivity index (χ1v) is 7.71. The van der Waals surface area contributed by atoms with Crippen LogP contribution in [0.4, 0.5) is 0 Å². The minimum absolute atomic E-state index is 0.157. The zero-order valence-corrected chi connectivity index (χ0v) is 13.3. The van der Waals surface area contributed by atoms with Gasteiger partial charge >= 0.3 is 0 Å². The van der Waals surface area contributed by atoms with Crippen molar-refractivity contribution in [2.45, 2.75) is 32.3 Å². The predicted octanol–water partition coefficient (Wildman–Crippen LogP) is 2.83. The molecule has 1 aromatic heterocycles. The van der Waals surface area contributed by atoms with E-state index in [1.807, 2.05) is 49.4 Å². The molecule has 0 bridgehead atoms. The SMILES string of the molecule is Cc1ccc(CCNC(=O)[C@@]2(C)CC(c3ccccc3)=NO2)o1. The van der Waals surface area contributed by atoms with Crippen LogP contribution in [-0.4, -0.2) is 23.8 Å². The van der Waals surface area contributed by atoms with Crippen molar-refractivity contribution in [1.82, 2.24) is 5.32 Å². The highest BCUT2D eigenvalue weighted by Gasteiger charge is 2.41. The third-order valence-electron chi connectivity index (χ3n) is 3.90. The van der Waals surface area contributed by atoms with Crippen LogP contribution in [0.15, 0.2) is 52.0 Å². The molecule has 5 heteroatoms. The molecule has 5 nitrogen and oxygen atoms in total. The summed E-state index contributed by atoms with van der Waals surface area (Å²) in [6, 6.07) is 13.6. The number of furan rings is 1. The van der Waals surface area contributed by atoms with Gasteiger partial charge in [-0.15, -0.1) is 0 Å². The maximum atomic E-state index is 12.4. The summed E-state index contributed by atoms with van der Waals surface area (Å²) in [5, 5.41) is 6.98. The van der Waals surface area contributed by atoms with E-state index in [1.165, 1.54) is 0 Å². The van der Waals surface area contributed by atoms with E-state index in [-0.39, 0.29) is 5.91 Å². The molecule has 1 aliphatic heterocycles. The Morgan fingerprint density at radius 2 is 2.04 bits per heavy atom. The summed E-state index contributed by atoms with van der Waals surface area (Å²) in [5.41, 5.74) is 0.824. The fourth-order valence-electron chi connectivity index (χ4n) is 2.55. The zero-order chi connectivity index (χ0) is 16.3. The summed E-state index contributed by atoms with van der Waals surface area (Å²) in [4.78, 5) is 17.8. The van der Waals surface area contributed by atoms with Crippen LogP contribution in [-0.2, 0) is 16.1 Å². The second-order valence-electron chi connectivity index (χ2n) is 5.92. The number of hydrogen-bond donors (Lipinski definition) is 1. The number of nitrogens with zero attached hydrogens (tertiary/aromatic N) is 1.